The number of thiazole rings is 1. The maximum absolute atomic E-state index is 12.9. The molecule has 0 atom stereocenters. The van der Waals surface area contributed by atoms with Gasteiger partial charge < -0.3 is 10.6 Å². The van der Waals surface area contributed by atoms with Crippen LogP contribution in [0.1, 0.15) is 42.3 Å². The van der Waals surface area contributed by atoms with Crippen molar-refractivity contribution in [2.75, 3.05) is 16.4 Å². The van der Waals surface area contributed by atoms with Crippen molar-refractivity contribution in [2.24, 2.45) is 0 Å². The van der Waals surface area contributed by atoms with Crippen molar-refractivity contribution in [3.05, 3.63) is 83.4 Å². The van der Waals surface area contributed by atoms with Gasteiger partial charge in [-0.25, -0.2) is 4.98 Å². The number of thioether (sulfide) groups is 1. The Bertz CT molecular complexity index is 1440. The third-order valence-electron chi connectivity index (χ3n) is 5.44. The summed E-state index contributed by atoms with van der Waals surface area (Å²) in [5.41, 5.74) is 2.30. The fraction of sp³-hybridized carbons (Fsp3) is 0.222. The van der Waals surface area contributed by atoms with E-state index in [0.717, 1.165) is 27.9 Å². The van der Waals surface area contributed by atoms with E-state index in [2.05, 4.69) is 36.4 Å². The molecule has 0 aliphatic heterocycles. The lowest BCUT2D eigenvalue weighted by atomic mass is 9.87. The van der Waals surface area contributed by atoms with E-state index in [0.29, 0.717) is 15.6 Å². The summed E-state index contributed by atoms with van der Waals surface area (Å²) < 4.78 is 40.1. The van der Waals surface area contributed by atoms with Crippen molar-refractivity contribution in [1.82, 2.24) is 4.98 Å². The predicted molar refractivity (Wildman–Crippen MR) is 144 cm³/mol. The molecule has 1 aromatic heterocycles. The van der Waals surface area contributed by atoms with E-state index in [1.807, 2.05) is 18.2 Å². The Labute approximate surface area is 220 Å². The summed E-state index contributed by atoms with van der Waals surface area (Å²) in [4.78, 5) is 29.4. The van der Waals surface area contributed by atoms with Crippen LogP contribution in [0.3, 0.4) is 0 Å². The van der Waals surface area contributed by atoms with Gasteiger partial charge in [0.1, 0.15) is 0 Å². The molecule has 2 N–H and O–H groups in total. The van der Waals surface area contributed by atoms with Gasteiger partial charge in [0.2, 0.25) is 5.91 Å². The minimum Gasteiger partial charge on any atom is -0.325 e. The smallest absolute Gasteiger partial charge is 0.325 e. The van der Waals surface area contributed by atoms with Gasteiger partial charge in [-0.3, -0.25) is 9.59 Å². The zero-order valence-corrected chi connectivity index (χ0v) is 21.9. The molecular weight excluding hydrogens is 519 g/mol. The number of hydrogen-bond donors (Lipinski definition) is 2. The third kappa shape index (κ3) is 6.90. The van der Waals surface area contributed by atoms with E-state index in [9.17, 15) is 22.8 Å². The summed E-state index contributed by atoms with van der Waals surface area (Å²) in [6.45, 7) is 6.34. The highest BCUT2D eigenvalue weighted by Crippen LogP contribution is 2.33. The SMILES string of the molecule is CC(C)(C)c1ccc(C(=O)Nc2ccc3nc(SCC(=O)Nc4cccc(C(F)(F)F)c4)sc3c2)cc1. The van der Waals surface area contributed by atoms with Crippen LogP contribution in [0.25, 0.3) is 10.2 Å². The minimum atomic E-state index is -4.48. The molecule has 192 valence electrons. The molecule has 0 aliphatic carbocycles. The van der Waals surface area contributed by atoms with Gasteiger partial charge in [-0.2, -0.15) is 13.2 Å². The number of hydrogen-bond acceptors (Lipinski definition) is 5. The average molecular weight is 544 g/mol. The molecule has 0 spiro atoms. The molecule has 1 heterocycles. The Balaban J connectivity index is 1.37. The van der Waals surface area contributed by atoms with Crippen molar-refractivity contribution in [1.29, 1.82) is 0 Å². The van der Waals surface area contributed by atoms with E-state index in [-0.39, 0.29) is 22.8 Å². The lowest BCUT2D eigenvalue weighted by molar-refractivity contribution is -0.137. The number of aromatic nitrogens is 1. The predicted octanol–water partition coefficient (Wildman–Crippen LogP) is 7.60. The largest absolute Gasteiger partial charge is 0.416 e. The molecule has 2 amide bonds. The highest BCUT2D eigenvalue weighted by molar-refractivity contribution is 8.01. The lowest BCUT2D eigenvalue weighted by Crippen LogP contribution is -2.14. The van der Waals surface area contributed by atoms with Gasteiger partial charge >= 0.3 is 6.18 Å². The number of benzene rings is 3. The summed E-state index contributed by atoms with van der Waals surface area (Å²) in [7, 11) is 0. The molecule has 4 rings (SSSR count). The number of anilines is 2. The quantitative estimate of drug-likeness (QED) is 0.246. The number of nitrogens with zero attached hydrogens (tertiary/aromatic N) is 1. The fourth-order valence-corrected chi connectivity index (χ4v) is 5.37. The Morgan fingerprint density at radius 1 is 0.892 bits per heavy atom. The Morgan fingerprint density at radius 3 is 2.27 bits per heavy atom. The van der Waals surface area contributed by atoms with Crippen molar-refractivity contribution in [3.8, 4) is 0 Å². The maximum atomic E-state index is 12.9. The minimum absolute atomic E-state index is 0.000793. The van der Waals surface area contributed by atoms with Crippen LogP contribution in [-0.4, -0.2) is 22.6 Å². The fourth-order valence-electron chi connectivity index (χ4n) is 3.47. The highest BCUT2D eigenvalue weighted by atomic mass is 32.2. The van der Waals surface area contributed by atoms with Gasteiger partial charge in [0.25, 0.3) is 5.91 Å². The normalized spacial score (nSPS) is 11.9. The number of nitrogens with one attached hydrogen (secondary N) is 2. The first-order valence-electron chi connectivity index (χ1n) is 11.3. The van der Waals surface area contributed by atoms with Crippen LogP contribution in [0, 0.1) is 0 Å². The first-order chi connectivity index (χ1) is 17.4. The summed E-state index contributed by atoms with van der Waals surface area (Å²) in [5.74, 6) is -0.663. The number of rotatable bonds is 6. The second kappa shape index (κ2) is 10.5. The topological polar surface area (TPSA) is 71.1 Å². The molecule has 0 radical (unpaired) electrons. The van der Waals surface area contributed by atoms with E-state index in [1.54, 1.807) is 24.3 Å². The number of carbonyl (C=O) groups excluding carboxylic acids is 2. The molecular formula is C27H24F3N3O2S2. The van der Waals surface area contributed by atoms with Crippen LogP contribution >= 0.6 is 23.1 Å². The van der Waals surface area contributed by atoms with Crippen LogP contribution in [0.15, 0.2) is 71.1 Å². The van der Waals surface area contributed by atoms with Crippen LogP contribution in [-0.2, 0) is 16.4 Å². The average Bonchev–Trinajstić information content (AvgIpc) is 3.24. The van der Waals surface area contributed by atoms with Gasteiger partial charge in [-0.15, -0.1) is 11.3 Å². The number of carbonyl (C=O) groups is 2. The molecule has 37 heavy (non-hydrogen) atoms. The number of alkyl halides is 3. The first kappa shape index (κ1) is 26.7. The number of fused-ring (bicyclic) bond motifs is 1. The van der Waals surface area contributed by atoms with E-state index < -0.39 is 17.6 Å². The zero-order valence-electron chi connectivity index (χ0n) is 20.3. The molecule has 0 aliphatic rings. The Hall–Kier alpha value is -3.37. The highest BCUT2D eigenvalue weighted by Gasteiger charge is 2.30. The van der Waals surface area contributed by atoms with Crippen LogP contribution in [0.2, 0.25) is 0 Å². The van der Waals surface area contributed by atoms with E-state index in [4.69, 9.17) is 0 Å². The van der Waals surface area contributed by atoms with Crippen molar-refractivity contribution in [2.45, 2.75) is 36.7 Å². The van der Waals surface area contributed by atoms with Crippen LogP contribution in [0.5, 0.6) is 0 Å². The molecule has 3 aromatic carbocycles. The van der Waals surface area contributed by atoms with Crippen LogP contribution in [0.4, 0.5) is 24.5 Å². The summed E-state index contributed by atoms with van der Waals surface area (Å²) in [6, 6.07) is 17.4. The van der Waals surface area contributed by atoms with Crippen LogP contribution < -0.4 is 10.6 Å². The van der Waals surface area contributed by atoms with Gasteiger partial charge in [0.15, 0.2) is 4.34 Å². The molecule has 0 unspecified atom stereocenters. The first-order valence-corrected chi connectivity index (χ1v) is 13.1. The molecule has 4 aromatic rings. The van der Waals surface area contributed by atoms with Crippen molar-refractivity contribution >= 4 is 56.5 Å². The van der Waals surface area contributed by atoms with Crippen molar-refractivity contribution < 1.29 is 22.8 Å². The zero-order chi connectivity index (χ0) is 26.8. The molecule has 0 saturated carbocycles. The molecule has 0 saturated heterocycles. The van der Waals surface area contributed by atoms with Crippen molar-refractivity contribution in [3.63, 3.8) is 0 Å². The molecule has 0 fully saturated rings. The van der Waals surface area contributed by atoms with Gasteiger partial charge in [0, 0.05) is 16.9 Å². The molecule has 10 heteroatoms. The van der Waals surface area contributed by atoms with Gasteiger partial charge in [-0.1, -0.05) is 50.7 Å². The maximum Gasteiger partial charge on any atom is 0.416 e. The van der Waals surface area contributed by atoms with Gasteiger partial charge in [-0.05, 0) is 59.5 Å². The third-order valence-corrected chi connectivity index (χ3v) is 7.60. The van der Waals surface area contributed by atoms with Gasteiger partial charge in [0.05, 0.1) is 21.5 Å². The summed E-state index contributed by atoms with van der Waals surface area (Å²) in [5, 5.41) is 5.39. The van der Waals surface area contributed by atoms with E-state index in [1.165, 1.54) is 35.2 Å². The molecule has 5 nitrogen and oxygen atoms in total. The summed E-state index contributed by atoms with van der Waals surface area (Å²) >= 11 is 2.55. The Morgan fingerprint density at radius 2 is 1.59 bits per heavy atom. The standard InChI is InChI=1S/C27H24F3N3O2S2/c1-26(2,3)17-9-7-16(8-10-17)24(35)32-20-11-12-21-22(14-20)37-25(33-21)36-15-23(34)31-19-6-4-5-18(13-19)27(28,29)30/h4-14H,15H2,1-3H3,(H,31,34)(H,32,35). The number of amides is 2. The van der Waals surface area contributed by atoms with E-state index >= 15 is 0 Å². The molecule has 0 bridgehead atoms. The second-order valence-corrected chi connectivity index (χ2v) is 11.6. The number of halogens is 3. The second-order valence-electron chi connectivity index (χ2n) is 9.36. The monoisotopic (exact) mass is 543 g/mol. The lowest BCUT2D eigenvalue weighted by Gasteiger charge is -2.19. The Kier molecular flexibility index (Phi) is 7.61. The summed E-state index contributed by atoms with van der Waals surface area (Å²) in [6.07, 6.45) is -4.48.